The molecule has 0 rings (SSSR count). The second-order valence-electron chi connectivity index (χ2n) is 8.13. The van der Waals surface area contributed by atoms with Gasteiger partial charge in [-0.3, -0.25) is 0 Å². The molecule has 0 fully saturated rings. The van der Waals surface area contributed by atoms with Gasteiger partial charge in [-0.05, 0) is 43.1 Å². The highest BCUT2D eigenvalue weighted by Crippen LogP contribution is 2.24. The fourth-order valence-electron chi connectivity index (χ4n) is 2.62. The first-order valence-electron chi connectivity index (χ1n) is 10.5. The quantitative estimate of drug-likeness (QED) is 0.115. The molecular weight excluding hydrogens is 329 g/mol. The lowest BCUT2D eigenvalue weighted by Gasteiger charge is -2.21. The topological polar surface area (TPSA) is 26.3 Å². The molecule has 0 aromatic heterocycles. The van der Waals surface area contributed by atoms with Gasteiger partial charge in [0, 0.05) is 0 Å². The monoisotopic (exact) mass is 373 g/mol. The van der Waals surface area contributed by atoms with Crippen molar-refractivity contribution in [3.05, 3.63) is 12.2 Å². The lowest BCUT2D eigenvalue weighted by molar-refractivity contribution is -0.870. The average molecular weight is 374 g/mol. The van der Waals surface area contributed by atoms with Gasteiger partial charge in [0.15, 0.2) is 12.8 Å². The number of quaternary nitrogens is 1. The highest BCUT2D eigenvalue weighted by molar-refractivity contribution is 7.39. The molecular formula is C21H44NO2P+2. The van der Waals surface area contributed by atoms with Crippen LogP contribution in [0.5, 0.6) is 0 Å². The smallest absolute Gasteiger partial charge is 0.329 e. The Morgan fingerprint density at radius 2 is 1.32 bits per heavy atom. The summed E-state index contributed by atoms with van der Waals surface area (Å²) in [6.45, 7) is 3.77. The first-order valence-corrected chi connectivity index (χ1v) is 11.8. The molecule has 1 unspecified atom stereocenters. The molecule has 0 aromatic carbocycles. The maximum absolute atomic E-state index is 11.8. The summed E-state index contributed by atoms with van der Waals surface area (Å²) >= 11 is 0. The normalized spacial score (nSPS) is 12.9. The van der Waals surface area contributed by atoms with Crippen molar-refractivity contribution in [2.75, 3.05) is 40.5 Å². The van der Waals surface area contributed by atoms with Gasteiger partial charge in [0.1, 0.15) is 6.54 Å². The molecule has 0 spiro atoms. The number of nitrogens with zero attached hydrogens (tertiary/aromatic N) is 1. The van der Waals surface area contributed by atoms with Gasteiger partial charge < -0.3 is 4.48 Å². The Kier molecular flexibility index (Phi) is 17.0. The van der Waals surface area contributed by atoms with E-state index in [0.29, 0.717) is 6.61 Å². The van der Waals surface area contributed by atoms with Crippen LogP contribution in [-0.4, -0.2) is 44.9 Å². The molecule has 0 aliphatic heterocycles. The zero-order valence-electron chi connectivity index (χ0n) is 17.5. The maximum Gasteiger partial charge on any atom is 0.508 e. The van der Waals surface area contributed by atoms with Crippen molar-refractivity contribution in [1.29, 1.82) is 0 Å². The minimum Gasteiger partial charge on any atom is -0.329 e. The Labute approximate surface area is 158 Å². The first-order chi connectivity index (χ1) is 12.0. The van der Waals surface area contributed by atoms with Crippen LogP contribution in [0.2, 0.25) is 0 Å². The third-order valence-electron chi connectivity index (χ3n) is 4.35. The highest BCUT2D eigenvalue weighted by atomic mass is 31.1. The third kappa shape index (κ3) is 21.7. The van der Waals surface area contributed by atoms with Crippen molar-refractivity contribution in [2.24, 2.45) is 0 Å². The van der Waals surface area contributed by atoms with Crippen molar-refractivity contribution < 1.29 is 13.6 Å². The van der Waals surface area contributed by atoms with E-state index in [1.165, 1.54) is 70.6 Å². The SMILES string of the molecule is CCCCCC/C=C\CCCCCCCC[P+](=O)OCC[N+](C)(C)C. The van der Waals surface area contributed by atoms with Crippen molar-refractivity contribution in [3.63, 3.8) is 0 Å². The molecule has 0 heterocycles. The van der Waals surface area contributed by atoms with Crippen LogP contribution in [0, 0.1) is 0 Å². The van der Waals surface area contributed by atoms with Gasteiger partial charge in [-0.15, -0.1) is 4.52 Å². The van der Waals surface area contributed by atoms with E-state index in [-0.39, 0.29) is 0 Å². The molecule has 4 heteroatoms. The molecule has 0 saturated heterocycles. The molecule has 1 atom stereocenters. The predicted molar refractivity (Wildman–Crippen MR) is 112 cm³/mol. The average Bonchev–Trinajstić information content (AvgIpc) is 2.54. The molecule has 0 aromatic rings. The first kappa shape index (κ1) is 24.8. The van der Waals surface area contributed by atoms with Gasteiger partial charge >= 0.3 is 8.03 Å². The highest BCUT2D eigenvalue weighted by Gasteiger charge is 2.18. The predicted octanol–water partition coefficient (Wildman–Crippen LogP) is 6.71. The van der Waals surface area contributed by atoms with E-state index in [9.17, 15) is 4.57 Å². The summed E-state index contributed by atoms with van der Waals surface area (Å²) in [7, 11) is 4.93. The minimum atomic E-state index is -1.44. The fourth-order valence-corrected chi connectivity index (χ4v) is 3.51. The summed E-state index contributed by atoms with van der Waals surface area (Å²) < 4.78 is 18.0. The zero-order chi connectivity index (χ0) is 18.8. The second-order valence-corrected chi connectivity index (χ2v) is 9.51. The maximum atomic E-state index is 11.8. The summed E-state index contributed by atoms with van der Waals surface area (Å²) in [5.41, 5.74) is 0. The van der Waals surface area contributed by atoms with Gasteiger partial charge in [0.2, 0.25) is 0 Å². The molecule has 0 N–H and O–H groups in total. The largest absolute Gasteiger partial charge is 0.508 e. The molecule has 148 valence electrons. The fraction of sp³-hybridized carbons (Fsp3) is 0.905. The van der Waals surface area contributed by atoms with Crippen LogP contribution in [0.1, 0.15) is 84.0 Å². The van der Waals surface area contributed by atoms with Gasteiger partial charge in [-0.25, -0.2) is 0 Å². The van der Waals surface area contributed by atoms with Crippen molar-refractivity contribution in [2.45, 2.75) is 84.0 Å². The van der Waals surface area contributed by atoms with Crippen LogP contribution in [0.3, 0.4) is 0 Å². The summed E-state index contributed by atoms with van der Waals surface area (Å²) in [6, 6.07) is 0. The molecule has 0 radical (unpaired) electrons. The summed E-state index contributed by atoms with van der Waals surface area (Å²) in [4.78, 5) is 0. The molecule has 0 aliphatic carbocycles. The van der Waals surface area contributed by atoms with E-state index in [1.54, 1.807) is 0 Å². The Hall–Kier alpha value is -0.240. The molecule has 0 amide bonds. The molecule has 0 bridgehead atoms. The van der Waals surface area contributed by atoms with Gasteiger partial charge in [-0.1, -0.05) is 57.6 Å². The van der Waals surface area contributed by atoms with E-state index < -0.39 is 8.03 Å². The van der Waals surface area contributed by atoms with E-state index in [2.05, 4.69) is 40.2 Å². The van der Waals surface area contributed by atoms with Crippen LogP contribution in [0.25, 0.3) is 0 Å². The van der Waals surface area contributed by atoms with E-state index >= 15 is 0 Å². The van der Waals surface area contributed by atoms with Crippen LogP contribution in [0.4, 0.5) is 0 Å². The molecule has 0 saturated carbocycles. The number of allylic oxidation sites excluding steroid dienone is 2. The Bertz CT molecular complexity index is 337. The van der Waals surface area contributed by atoms with Crippen molar-refractivity contribution >= 4 is 8.03 Å². The molecule has 3 nitrogen and oxygen atoms in total. The van der Waals surface area contributed by atoms with E-state index in [4.69, 9.17) is 4.52 Å². The third-order valence-corrected chi connectivity index (χ3v) is 5.50. The van der Waals surface area contributed by atoms with Gasteiger partial charge in [-0.2, -0.15) is 0 Å². The second kappa shape index (κ2) is 17.2. The van der Waals surface area contributed by atoms with Crippen LogP contribution < -0.4 is 0 Å². The number of hydrogen-bond acceptors (Lipinski definition) is 2. The molecule has 25 heavy (non-hydrogen) atoms. The number of hydrogen-bond donors (Lipinski definition) is 0. The van der Waals surface area contributed by atoms with Gasteiger partial charge in [0.05, 0.1) is 21.1 Å². The van der Waals surface area contributed by atoms with E-state index in [0.717, 1.165) is 23.6 Å². The summed E-state index contributed by atoms with van der Waals surface area (Å²) in [5, 5.41) is 0. The Morgan fingerprint density at radius 3 is 1.88 bits per heavy atom. The zero-order valence-corrected chi connectivity index (χ0v) is 18.4. The summed E-state index contributed by atoms with van der Waals surface area (Å²) in [6.07, 6.45) is 20.8. The van der Waals surface area contributed by atoms with Crippen molar-refractivity contribution in [1.82, 2.24) is 0 Å². The van der Waals surface area contributed by atoms with E-state index in [1.807, 2.05) is 0 Å². The lowest BCUT2D eigenvalue weighted by atomic mass is 10.1. The van der Waals surface area contributed by atoms with Gasteiger partial charge in [0.25, 0.3) is 0 Å². The summed E-state index contributed by atoms with van der Waals surface area (Å²) in [5.74, 6) is 0. The lowest BCUT2D eigenvalue weighted by Crippen LogP contribution is -2.37. The van der Waals surface area contributed by atoms with Crippen LogP contribution in [-0.2, 0) is 9.09 Å². The Balaban J connectivity index is 3.25. The number of likely N-dealkylation sites (N-methyl/N-ethyl adjacent to an activating group) is 1. The standard InChI is InChI=1S/C21H44NO2P/c1-5-6-7-8-9-10-11-12-13-14-15-16-17-18-21-25(23)24-20-19-22(2,3)4/h10-11H,5-9,12-21H2,1-4H3/q+2/b11-10-. The number of rotatable bonds is 18. The van der Waals surface area contributed by atoms with Crippen LogP contribution in [0.15, 0.2) is 12.2 Å². The van der Waals surface area contributed by atoms with Crippen LogP contribution >= 0.6 is 8.03 Å². The number of unbranched alkanes of at least 4 members (excludes halogenated alkanes) is 10. The molecule has 0 aliphatic rings. The van der Waals surface area contributed by atoms with Crippen molar-refractivity contribution in [3.8, 4) is 0 Å². The Morgan fingerprint density at radius 1 is 0.800 bits per heavy atom. The minimum absolute atomic E-state index is 0.602.